The fourth-order valence-electron chi connectivity index (χ4n) is 2.65. The second-order valence-electron chi connectivity index (χ2n) is 4.68. The predicted molar refractivity (Wildman–Crippen MR) is 64.3 cm³/mol. The summed E-state index contributed by atoms with van der Waals surface area (Å²) in [6.07, 6.45) is 2.66. The van der Waals surface area contributed by atoms with Crippen LogP contribution < -0.4 is 4.90 Å². The van der Waals surface area contributed by atoms with Crippen molar-refractivity contribution in [2.45, 2.75) is 25.7 Å². The second-order valence-corrected chi connectivity index (χ2v) is 4.68. The van der Waals surface area contributed by atoms with Crippen molar-refractivity contribution >= 4 is 17.5 Å². The van der Waals surface area contributed by atoms with Gasteiger partial charge < -0.3 is 0 Å². The highest BCUT2D eigenvalue weighted by molar-refractivity contribution is 6.33. The minimum Gasteiger partial charge on any atom is -0.269 e. The molecule has 0 saturated carbocycles. The summed E-state index contributed by atoms with van der Waals surface area (Å²) in [7, 11) is 0. The van der Waals surface area contributed by atoms with Gasteiger partial charge in [-0.05, 0) is 37.8 Å². The third-order valence-corrected chi connectivity index (χ3v) is 3.55. The van der Waals surface area contributed by atoms with Crippen LogP contribution in [0.15, 0.2) is 29.3 Å². The van der Waals surface area contributed by atoms with Gasteiger partial charge >= 0.3 is 0 Å². The van der Waals surface area contributed by atoms with Gasteiger partial charge in [-0.15, -0.1) is 0 Å². The number of benzene rings is 1. The molecule has 5 heteroatoms. The molecule has 2 amide bonds. The van der Waals surface area contributed by atoms with Crippen LogP contribution in [0.25, 0.3) is 0 Å². The number of anilines is 1. The molecular formula is C14H11F2NO2. The van der Waals surface area contributed by atoms with Crippen molar-refractivity contribution in [3.63, 3.8) is 0 Å². The van der Waals surface area contributed by atoms with E-state index in [0.29, 0.717) is 28.9 Å². The molecule has 19 heavy (non-hydrogen) atoms. The Morgan fingerprint density at radius 3 is 1.84 bits per heavy atom. The van der Waals surface area contributed by atoms with Gasteiger partial charge in [0.25, 0.3) is 11.8 Å². The number of para-hydroxylation sites is 1. The first-order chi connectivity index (χ1) is 9.11. The van der Waals surface area contributed by atoms with E-state index < -0.39 is 29.1 Å². The zero-order valence-corrected chi connectivity index (χ0v) is 10.1. The molecule has 0 spiro atoms. The second kappa shape index (κ2) is 4.26. The summed E-state index contributed by atoms with van der Waals surface area (Å²) < 4.78 is 27.4. The Balaban J connectivity index is 2.09. The van der Waals surface area contributed by atoms with Crippen LogP contribution in [0.5, 0.6) is 0 Å². The molecule has 98 valence electrons. The van der Waals surface area contributed by atoms with Gasteiger partial charge in [-0.2, -0.15) is 0 Å². The Hall–Kier alpha value is -2.04. The monoisotopic (exact) mass is 263 g/mol. The molecule has 1 aliphatic carbocycles. The van der Waals surface area contributed by atoms with Gasteiger partial charge in [0.2, 0.25) is 0 Å². The summed E-state index contributed by atoms with van der Waals surface area (Å²) in [5.74, 6) is -2.96. The minimum atomic E-state index is -0.901. The van der Waals surface area contributed by atoms with Gasteiger partial charge in [-0.25, -0.2) is 13.7 Å². The van der Waals surface area contributed by atoms with E-state index in [9.17, 15) is 18.4 Å². The maximum Gasteiger partial charge on any atom is 0.261 e. The van der Waals surface area contributed by atoms with Crippen LogP contribution >= 0.6 is 0 Å². The first kappa shape index (κ1) is 12.0. The van der Waals surface area contributed by atoms with Crippen molar-refractivity contribution in [1.29, 1.82) is 0 Å². The van der Waals surface area contributed by atoms with Crippen molar-refractivity contribution in [3.05, 3.63) is 41.0 Å². The van der Waals surface area contributed by atoms with Crippen molar-refractivity contribution in [3.8, 4) is 0 Å². The van der Waals surface area contributed by atoms with E-state index in [1.807, 2.05) is 0 Å². The fraction of sp³-hybridized carbons (Fsp3) is 0.286. The Morgan fingerprint density at radius 2 is 1.37 bits per heavy atom. The first-order valence-corrected chi connectivity index (χ1v) is 6.16. The molecule has 1 aromatic rings. The summed E-state index contributed by atoms with van der Waals surface area (Å²) in [6.45, 7) is 0. The lowest BCUT2D eigenvalue weighted by molar-refractivity contribution is -0.120. The number of nitrogens with zero attached hydrogens (tertiary/aromatic N) is 1. The molecule has 3 nitrogen and oxygen atoms in total. The first-order valence-electron chi connectivity index (χ1n) is 6.16. The number of rotatable bonds is 1. The smallest absolute Gasteiger partial charge is 0.261 e. The zero-order chi connectivity index (χ0) is 13.6. The van der Waals surface area contributed by atoms with E-state index in [2.05, 4.69) is 0 Å². The van der Waals surface area contributed by atoms with Crippen LogP contribution in [0.2, 0.25) is 0 Å². The van der Waals surface area contributed by atoms with Crippen molar-refractivity contribution < 1.29 is 18.4 Å². The molecule has 0 saturated heterocycles. The molecule has 0 N–H and O–H groups in total. The van der Waals surface area contributed by atoms with Gasteiger partial charge in [-0.3, -0.25) is 9.59 Å². The van der Waals surface area contributed by atoms with E-state index >= 15 is 0 Å². The highest BCUT2D eigenvalue weighted by atomic mass is 19.1. The van der Waals surface area contributed by atoms with Gasteiger partial charge in [0, 0.05) is 11.1 Å². The maximum atomic E-state index is 13.7. The average Bonchev–Trinajstić information content (AvgIpc) is 2.64. The van der Waals surface area contributed by atoms with Crippen LogP contribution in [0.1, 0.15) is 25.7 Å². The maximum absolute atomic E-state index is 13.7. The molecule has 1 aromatic carbocycles. The number of imide groups is 1. The normalized spacial score (nSPS) is 19.2. The van der Waals surface area contributed by atoms with Crippen molar-refractivity contribution in [1.82, 2.24) is 0 Å². The molecule has 3 rings (SSSR count). The topological polar surface area (TPSA) is 37.4 Å². The lowest BCUT2D eigenvalue weighted by Crippen LogP contribution is -2.33. The van der Waals surface area contributed by atoms with Gasteiger partial charge in [0.1, 0.15) is 17.3 Å². The molecule has 0 unspecified atom stereocenters. The van der Waals surface area contributed by atoms with Crippen LogP contribution in [0.3, 0.4) is 0 Å². The van der Waals surface area contributed by atoms with E-state index in [1.165, 1.54) is 6.07 Å². The van der Waals surface area contributed by atoms with Crippen LogP contribution in [0, 0.1) is 11.6 Å². The van der Waals surface area contributed by atoms with Crippen LogP contribution in [0.4, 0.5) is 14.5 Å². The number of amides is 2. The highest BCUT2D eigenvalue weighted by Crippen LogP contribution is 2.37. The van der Waals surface area contributed by atoms with Crippen LogP contribution in [-0.2, 0) is 9.59 Å². The molecule has 0 atom stereocenters. The summed E-state index contributed by atoms with van der Waals surface area (Å²) in [5, 5.41) is 0. The van der Waals surface area contributed by atoms with Crippen molar-refractivity contribution in [2.75, 3.05) is 4.90 Å². The summed E-state index contributed by atoms with van der Waals surface area (Å²) in [6, 6.07) is 3.28. The minimum absolute atomic E-state index is 0.416. The third-order valence-electron chi connectivity index (χ3n) is 3.55. The Morgan fingerprint density at radius 1 is 0.895 bits per heavy atom. The van der Waals surface area contributed by atoms with E-state index in [1.54, 1.807) is 0 Å². The number of halogens is 2. The Kier molecular flexibility index (Phi) is 2.69. The van der Waals surface area contributed by atoms with Gasteiger partial charge in [-0.1, -0.05) is 6.07 Å². The van der Waals surface area contributed by atoms with E-state index in [4.69, 9.17) is 0 Å². The quantitative estimate of drug-likeness (QED) is 0.730. The summed E-state index contributed by atoms with van der Waals surface area (Å²) >= 11 is 0. The highest BCUT2D eigenvalue weighted by Gasteiger charge is 2.41. The van der Waals surface area contributed by atoms with E-state index in [0.717, 1.165) is 25.0 Å². The summed E-state index contributed by atoms with van der Waals surface area (Å²) in [4.78, 5) is 25.0. The molecule has 1 aliphatic heterocycles. The average molecular weight is 263 g/mol. The Labute approximate surface area is 108 Å². The SMILES string of the molecule is O=C1C2=C(CCCC2)C(=O)N1c1c(F)cccc1F. The lowest BCUT2D eigenvalue weighted by atomic mass is 9.93. The molecule has 0 radical (unpaired) electrons. The third kappa shape index (κ3) is 1.69. The molecule has 0 fully saturated rings. The number of hydrogen-bond donors (Lipinski definition) is 0. The molecule has 0 bridgehead atoms. The number of carbonyl (C=O) groups excluding carboxylic acids is 2. The standard InChI is InChI=1S/C14H11F2NO2/c15-10-6-3-7-11(16)12(10)17-13(18)8-4-1-2-5-9(8)14(17)19/h3,6-7H,1-2,4-5H2. The lowest BCUT2D eigenvalue weighted by Gasteiger charge is -2.16. The summed E-state index contributed by atoms with van der Waals surface area (Å²) in [5.41, 5.74) is 0.268. The molecule has 1 heterocycles. The molecular weight excluding hydrogens is 252 g/mol. The van der Waals surface area contributed by atoms with Gasteiger partial charge in [0.05, 0.1) is 0 Å². The molecule has 2 aliphatic rings. The fourth-order valence-corrected chi connectivity index (χ4v) is 2.65. The predicted octanol–water partition coefficient (Wildman–Crippen LogP) is 2.71. The van der Waals surface area contributed by atoms with Crippen LogP contribution in [-0.4, -0.2) is 11.8 Å². The number of carbonyl (C=O) groups is 2. The van der Waals surface area contributed by atoms with Gasteiger partial charge in [0.15, 0.2) is 0 Å². The van der Waals surface area contributed by atoms with E-state index in [-0.39, 0.29) is 0 Å². The largest absolute Gasteiger partial charge is 0.269 e. The Bertz CT molecular complexity index is 574. The zero-order valence-electron chi connectivity index (χ0n) is 10.1. The molecule has 0 aromatic heterocycles. The number of hydrogen-bond acceptors (Lipinski definition) is 2. The van der Waals surface area contributed by atoms with Crippen molar-refractivity contribution in [2.24, 2.45) is 0 Å².